The Kier molecular flexibility index (Phi) is 4.50. The van der Waals surface area contributed by atoms with Crippen molar-refractivity contribution in [2.75, 3.05) is 12.5 Å². The smallest absolute Gasteiger partial charge is 0.261 e. The fraction of sp³-hybridized carbons (Fsp3) is 0.263. The van der Waals surface area contributed by atoms with Crippen LogP contribution < -0.4 is 20.5 Å². The molecule has 3 heterocycles. The van der Waals surface area contributed by atoms with Crippen molar-refractivity contribution in [3.63, 3.8) is 0 Å². The predicted octanol–water partition coefficient (Wildman–Crippen LogP) is 2.76. The number of thiophene rings is 1. The van der Waals surface area contributed by atoms with Gasteiger partial charge in [-0.05, 0) is 45.0 Å². The number of benzene rings is 1. The molecule has 1 aromatic carbocycles. The highest BCUT2D eigenvalue weighted by Crippen LogP contribution is 2.34. The van der Waals surface area contributed by atoms with E-state index in [0.717, 1.165) is 0 Å². The summed E-state index contributed by atoms with van der Waals surface area (Å²) in [5.41, 5.74) is 6.55. The highest BCUT2D eigenvalue weighted by atomic mass is 32.1. The van der Waals surface area contributed by atoms with Gasteiger partial charge in [0, 0.05) is 16.5 Å². The van der Waals surface area contributed by atoms with Crippen LogP contribution in [0, 0.1) is 0 Å². The molecule has 1 amide bonds. The standard InChI is InChI=1S/C19H19N5O4S/c1-19(2,3)23-16(25)13-7-10-15(21-18(20)22-17(10)29-13)14(24-26)9-4-5-11-12(6-9)28-8-27-11/h4-7,26H,8H2,1-3H3,(H,23,25)(H2,20,21,22)/b24-14-. The van der Waals surface area contributed by atoms with Crippen molar-refractivity contribution in [1.82, 2.24) is 15.3 Å². The first-order valence-electron chi connectivity index (χ1n) is 8.77. The average molecular weight is 413 g/mol. The van der Waals surface area contributed by atoms with E-state index < -0.39 is 0 Å². The number of nitrogens with one attached hydrogen (secondary N) is 1. The van der Waals surface area contributed by atoms with Gasteiger partial charge in [0.1, 0.15) is 16.2 Å². The molecule has 0 bridgehead atoms. The first-order valence-corrected chi connectivity index (χ1v) is 9.59. The van der Waals surface area contributed by atoms with Gasteiger partial charge < -0.3 is 25.7 Å². The molecule has 2 aromatic heterocycles. The van der Waals surface area contributed by atoms with Gasteiger partial charge in [-0.25, -0.2) is 9.97 Å². The van der Waals surface area contributed by atoms with Crippen molar-refractivity contribution in [3.8, 4) is 11.5 Å². The Morgan fingerprint density at radius 3 is 2.72 bits per heavy atom. The van der Waals surface area contributed by atoms with Crippen LogP contribution in [0.5, 0.6) is 11.5 Å². The Morgan fingerprint density at radius 1 is 1.24 bits per heavy atom. The second kappa shape index (κ2) is 6.89. The van der Waals surface area contributed by atoms with Gasteiger partial charge in [-0.1, -0.05) is 5.16 Å². The summed E-state index contributed by atoms with van der Waals surface area (Å²) in [4.78, 5) is 22.0. The van der Waals surface area contributed by atoms with Crippen molar-refractivity contribution in [2.24, 2.45) is 5.16 Å². The molecule has 0 saturated carbocycles. The molecule has 0 fully saturated rings. The lowest BCUT2D eigenvalue weighted by Gasteiger charge is -2.19. The summed E-state index contributed by atoms with van der Waals surface area (Å²) < 4.78 is 10.7. The number of amides is 1. The number of rotatable bonds is 3. The minimum Gasteiger partial charge on any atom is -0.454 e. The maximum atomic E-state index is 12.6. The van der Waals surface area contributed by atoms with Crippen LogP contribution in [-0.2, 0) is 0 Å². The Bertz CT molecular complexity index is 1150. The van der Waals surface area contributed by atoms with Crippen LogP contribution in [0.4, 0.5) is 5.95 Å². The number of nitrogen functional groups attached to an aromatic ring is 1. The highest BCUT2D eigenvalue weighted by Gasteiger charge is 2.23. The fourth-order valence-corrected chi connectivity index (χ4v) is 3.85. The summed E-state index contributed by atoms with van der Waals surface area (Å²) in [5, 5.41) is 16.7. The van der Waals surface area contributed by atoms with E-state index in [1.165, 1.54) is 11.3 Å². The molecule has 0 aliphatic carbocycles. The molecule has 150 valence electrons. The molecule has 0 radical (unpaired) electrons. The highest BCUT2D eigenvalue weighted by molar-refractivity contribution is 7.20. The third-order valence-electron chi connectivity index (χ3n) is 4.09. The SMILES string of the molecule is CC(C)(C)NC(=O)c1cc2c(/C(=N\O)c3ccc4c(c3)OCO4)nc(N)nc2s1. The van der Waals surface area contributed by atoms with E-state index in [2.05, 4.69) is 20.4 Å². The van der Waals surface area contributed by atoms with Crippen LogP contribution in [0.3, 0.4) is 0 Å². The Hall–Kier alpha value is -3.40. The summed E-state index contributed by atoms with van der Waals surface area (Å²) in [5.74, 6) is 0.933. The molecule has 3 aromatic rings. The third kappa shape index (κ3) is 3.66. The van der Waals surface area contributed by atoms with E-state index in [4.69, 9.17) is 15.2 Å². The van der Waals surface area contributed by atoms with E-state index >= 15 is 0 Å². The maximum absolute atomic E-state index is 12.6. The maximum Gasteiger partial charge on any atom is 0.261 e. The van der Waals surface area contributed by atoms with Gasteiger partial charge in [-0.2, -0.15) is 0 Å². The monoisotopic (exact) mass is 413 g/mol. The van der Waals surface area contributed by atoms with Crippen LogP contribution in [0.2, 0.25) is 0 Å². The van der Waals surface area contributed by atoms with E-state index in [1.54, 1.807) is 24.3 Å². The molecule has 4 rings (SSSR count). The van der Waals surface area contributed by atoms with Crippen molar-refractivity contribution in [3.05, 3.63) is 40.4 Å². The van der Waals surface area contributed by atoms with Crippen LogP contribution >= 0.6 is 11.3 Å². The van der Waals surface area contributed by atoms with Crippen molar-refractivity contribution in [1.29, 1.82) is 0 Å². The summed E-state index contributed by atoms with van der Waals surface area (Å²) in [6.45, 7) is 5.83. The molecule has 0 atom stereocenters. The van der Waals surface area contributed by atoms with Crippen LogP contribution in [0.1, 0.15) is 41.7 Å². The second-order valence-electron chi connectivity index (χ2n) is 7.48. The number of anilines is 1. The lowest BCUT2D eigenvalue weighted by molar-refractivity contribution is 0.0924. The zero-order chi connectivity index (χ0) is 20.8. The van der Waals surface area contributed by atoms with Gasteiger partial charge in [0.25, 0.3) is 5.91 Å². The molecule has 29 heavy (non-hydrogen) atoms. The summed E-state index contributed by atoms with van der Waals surface area (Å²) in [6.07, 6.45) is 0. The normalized spacial score (nSPS) is 13.7. The van der Waals surface area contributed by atoms with E-state index in [0.29, 0.717) is 37.9 Å². The molecule has 4 N–H and O–H groups in total. The number of carbonyl (C=O) groups excluding carboxylic acids is 1. The summed E-state index contributed by atoms with van der Waals surface area (Å²) in [7, 11) is 0. The zero-order valence-electron chi connectivity index (χ0n) is 16.0. The van der Waals surface area contributed by atoms with Crippen LogP contribution in [0.15, 0.2) is 29.4 Å². The lowest BCUT2D eigenvalue weighted by atomic mass is 10.0. The molecule has 9 nitrogen and oxygen atoms in total. The fourth-order valence-electron chi connectivity index (χ4n) is 2.92. The Balaban J connectivity index is 1.81. The number of hydrogen-bond acceptors (Lipinski definition) is 9. The van der Waals surface area contributed by atoms with Gasteiger partial charge in [-0.15, -0.1) is 11.3 Å². The molecule has 1 aliphatic rings. The molecule has 1 aliphatic heterocycles. The van der Waals surface area contributed by atoms with Gasteiger partial charge in [0.2, 0.25) is 12.7 Å². The Labute approximate surface area is 170 Å². The van der Waals surface area contributed by atoms with E-state index in [9.17, 15) is 10.0 Å². The average Bonchev–Trinajstić information content (AvgIpc) is 3.26. The van der Waals surface area contributed by atoms with Crippen LogP contribution in [0.25, 0.3) is 10.2 Å². The third-order valence-corrected chi connectivity index (χ3v) is 5.12. The van der Waals surface area contributed by atoms with E-state index in [1.807, 2.05) is 20.8 Å². The quantitative estimate of drug-likeness (QED) is 0.342. The van der Waals surface area contributed by atoms with Gasteiger partial charge >= 0.3 is 0 Å². The summed E-state index contributed by atoms with van der Waals surface area (Å²) in [6, 6.07) is 6.82. The summed E-state index contributed by atoms with van der Waals surface area (Å²) >= 11 is 1.19. The predicted molar refractivity (Wildman–Crippen MR) is 109 cm³/mol. The molecule has 0 unspecified atom stereocenters. The first kappa shape index (κ1) is 18.9. The van der Waals surface area contributed by atoms with Gasteiger partial charge in [0.05, 0.1) is 4.88 Å². The van der Waals surface area contributed by atoms with Crippen molar-refractivity contribution >= 4 is 39.1 Å². The number of fused-ring (bicyclic) bond motifs is 2. The number of ether oxygens (including phenoxy) is 2. The number of hydrogen-bond donors (Lipinski definition) is 3. The van der Waals surface area contributed by atoms with Gasteiger partial charge in [0.15, 0.2) is 11.5 Å². The van der Waals surface area contributed by atoms with E-state index in [-0.39, 0.29) is 29.9 Å². The number of aromatic nitrogens is 2. The molecular weight excluding hydrogens is 394 g/mol. The number of oxime groups is 1. The van der Waals surface area contributed by atoms with Crippen LogP contribution in [-0.4, -0.2) is 39.1 Å². The topological polar surface area (TPSA) is 132 Å². The minimum absolute atomic E-state index is 0.0130. The number of carbonyl (C=O) groups is 1. The molecule has 0 spiro atoms. The Morgan fingerprint density at radius 2 is 2.00 bits per heavy atom. The largest absolute Gasteiger partial charge is 0.454 e. The van der Waals surface area contributed by atoms with Crippen molar-refractivity contribution < 1.29 is 19.5 Å². The zero-order valence-corrected chi connectivity index (χ0v) is 16.8. The number of nitrogens with zero attached hydrogens (tertiary/aromatic N) is 3. The number of nitrogens with two attached hydrogens (primary N) is 1. The molecule has 10 heteroatoms. The van der Waals surface area contributed by atoms with Gasteiger partial charge in [-0.3, -0.25) is 4.79 Å². The molecular formula is C19H19N5O4S. The minimum atomic E-state index is -0.384. The first-order chi connectivity index (χ1) is 13.7. The lowest BCUT2D eigenvalue weighted by Crippen LogP contribution is -2.40. The molecule has 0 saturated heterocycles. The second-order valence-corrected chi connectivity index (χ2v) is 8.51. The van der Waals surface area contributed by atoms with Crippen molar-refractivity contribution in [2.45, 2.75) is 26.3 Å².